The van der Waals surface area contributed by atoms with Gasteiger partial charge in [0.15, 0.2) is 5.13 Å². The van der Waals surface area contributed by atoms with Crippen LogP contribution < -0.4 is 15.0 Å². The van der Waals surface area contributed by atoms with Gasteiger partial charge in [0, 0.05) is 19.4 Å². The fraction of sp³-hybridized carbons (Fsp3) is 0.176. The Morgan fingerprint density at radius 1 is 1.36 bits per heavy atom. The van der Waals surface area contributed by atoms with E-state index in [1.54, 1.807) is 36.8 Å². The van der Waals surface area contributed by atoms with Crippen molar-refractivity contribution in [3.05, 3.63) is 40.9 Å². The Hall–Kier alpha value is -3.18. The monoisotopic (exact) mass is 356 g/mol. The van der Waals surface area contributed by atoms with E-state index < -0.39 is 5.91 Å². The first-order valence-corrected chi connectivity index (χ1v) is 8.12. The van der Waals surface area contributed by atoms with E-state index in [1.165, 1.54) is 36.3 Å². The zero-order valence-corrected chi connectivity index (χ0v) is 14.8. The number of benzene rings is 1. The molecule has 0 saturated carbocycles. The van der Waals surface area contributed by atoms with Crippen LogP contribution in [0.3, 0.4) is 0 Å². The minimum atomic E-state index is -0.490. The number of nitrogens with zero attached hydrogens (tertiary/aromatic N) is 3. The normalized spacial score (nSPS) is 10.7. The van der Waals surface area contributed by atoms with Crippen LogP contribution in [-0.2, 0) is 9.59 Å². The van der Waals surface area contributed by atoms with Crippen LogP contribution in [0.4, 0.5) is 10.8 Å². The van der Waals surface area contributed by atoms with Crippen molar-refractivity contribution < 1.29 is 14.3 Å². The molecule has 2 rings (SSSR count). The van der Waals surface area contributed by atoms with Gasteiger partial charge in [-0.2, -0.15) is 5.26 Å². The summed E-state index contributed by atoms with van der Waals surface area (Å²) in [6.45, 7) is 1.44. The molecule has 25 heavy (non-hydrogen) atoms. The van der Waals surface area contributed by atoms with Gasteiger partial charge in [0.05, 0.1) is 18.5 Å². The molecule has 1 N–H and O–H groups in total. The lowest BCUT2D eigenvalue weighted by Crippen LogP contribution is -2.22. The molecule has 1 heterocycles. The first kappa shape index (κ1) is 18.2. The van der Waals surface area contributed by atoms with Crippen molar-refractivity contribution in [3.8, 4) is 11.8 Å². The smallest absolute Gasteiger partial charge is 0.261 e. The van der Waals surface area contributed by atoms with Gasteiger partial charge in [-0.1, -0.05) is 0 Å². The first-order chi connectivity index (χ1) is 12.0. The molecule has 0 atom stereocenters. The van der Waals surface area contributed by atoms with Crippen LogP contribution in [0, 0.1) is 11.3 Å². The highest BCUT2D eigenvalue weighted by Gasteiger charge is 2.18. The lowest BCUT2D eigenvalue weighted by molar-refractivity contribution is -0.117. The summed E-state index contributed by atoms with van der Waals surface area (Å²) in [4.78, 5) is 29.4. The quantitative estimate of drug-likeness (QED) is 0.656. The molecule has 0 radical (unpaired) electrons. The van der Waals surface area contributed by atoms with Gasteiger partial charge < -0.3 is 10.1 Å². The molecule has 7 nitrogen and oxygen atoms in total. The molecule has 1 aromatic carbocycles. The molecule has 1 aromatic heterocycles. The molecule has 0 aliphatic rings. The number of anilines is 2. The molecule has 0 bridgehead atoms. The molecular formula is C17H16N4O3S. The van der Waals surface area contributed by atoms with E-state index in [4.69, 9.17) is 10.00 Å². The van der Waals surface area contributed by atoms with Gasteiger partial charge >= 0.3 is 0 Å². The van der Waals surface area contributed by atoms with Gasteiger partial charge in [0.1, 0.15) is 17.4 Å². The number of ether oxygens (including phenoxy) is 1. The lowest BCUT2D eigenvalue weighted by atomic mass is 10.2. The minimum absolute atomic E-state index is 0.0572. The van der Waals surface area contributed by atoms with Crippen molar-refractivity contribution >= 4 is 40.0 Å². The minimum Gasteiger partial charge on any atom is -0.497 e. The molecule has 0 aliphatic carbocycles. The van der Waals surface area contributed by atoms with Gasteiger partial charge in [-0.15, -0.1) is 11.3 Å². The number of hydrogen-bond donors (Lipinski definition) is 1. The van der Waals surface area contributed by atoms with Crippen LogP contribution in [0.1, 0.15) is 12.6 Å². The highest BCUT2D eigenvalue weighted by Crippen LogP contribution is 2.30. The number of methoxy groups -OCH3 is 1. The average Bonchev–Trinajstić information content (AvgIpc) is 3.07. The average molecular weight is 356 g/mol. The Morgan fingerprint density at radius 2 is 2.04 bits per heavy atom. The van der Waals surface area contributed by atoms with Crippen LogP contribution >= 0.6 is 11.3 Å². The molecule has 0 spiro atoms. The molecule has 128 valence electrons. The van der Waals surface area contributed by atoms with Crippen molar-refractivity contribution in [1.82, 2.24) is 10.3 Å². The zero-order valence-electron chi connectivity index (χ0n) is 13.9. The number of hydrogen-bond acceptors (Lipinski definition) is 6. The van der Waals surface area contributed by atoms with Gasteiger partial charge in [-0.3, -0.25) is 14.5 Å². The lowest BCUT2D eigenvalue weighted by Gasteiger charge is -2.18. The Kier molecular flexibility index (Phi) is 5.87. The number of nitriles is 1. The van der Waals surface area contributed by atoms with Crippen LogP contribution in [-0.4, -0.2) is 31.0 Å². The van der Waals surface area contributed by atoms with Gasteiger partial charge in [0.2, 0.25) is 5.91 Å². The summed E-state index contributed by atoms with van der Waals surface area (Å²) < 4.78 is 5.12. The summed E-state index contributed by atoms with van der Waals surface area (Å²) in [5.41, 5.74) is 1.02. The number of rotatable bonds is 5. The molecule has 2 amide bonds. The van der Waals surface area contributed by atoms with E-state index in [-0.39, 0.29) is 11.5 Å². The number of nitrogens with one attached hydrogen (secondary N) is 1. The standard InChI is InChI=1S/C17H16N4O3S/c1-11(22)21(14-4-6-15(24-3)7-5-14)17-20-13(10-25-17)8-12(9-18)16(23)19-2/h4-8,10H,1-3H3,(H,19,23)/b12-8+. The molecule has 2 aromatic rings. The second kappa shape index (κ2) is 8.08. The molecule has 0 aliphatic heterocycles. The fourth-order valence-electron chi connectivity index (χ4n) is 2.03. The van der Waals surface area contributed by atoms with Crippen LogP contribution in [0.25, 0.3) is 6.08 Å². The van der Waals surface area contributed by atoms with E-state index in [9.17, 15) is 9.59 Å². The van der Waals surface area contributed by atoms with E-state index in [1.807, 2.05) is 6.07 Å². The van der Waals surface area contributed by atoms with Gasteiger partial charge in [0.25, 0.3) is 5.91 Å². The number of carbonyl (C=O) groups is 2. The van der Waals surface area contributed by atoms with Crippen LogP contribution in [0.2, 0.25) is 0 Å². The SMILES string of the molecule is CNC(=O)/C(C#N)=C/c1csc(N(C(C)=O)c2ccc(OC)cc2)n1. The molecular weight excluding hydrogens is 340 g/mol. The number of carbonyl (C=O) groups excluding carboxylic acids is 2. The van der Waals surface area contributed by atoms with Crippen LogP contribution in [0.15, 0.2) is 35.2 Å². The number of thiazole rings is 1. The molecule has 0 saturated heterocycles. The molecule has 8 heteroatoms. The topological polar surface area (TPSA) is 95.3 Å². The number of amides is 2. The summed E-state index contributed by atoms with van der Waals surface area (Å²) >= 11 is 1.24. The van der Waals surface area contributed by atoms with Crippen molar-refractivity contribution in [1.29, 1.82) is 5.26 Å². The highest BCUT2D eigenvalue weighted by atomic mass is 32.1. The maximum Gasteiger partial charge on any atom is 0.261 e. The first-order valence-electron chi connectivity index (χ1n) is 7.24. The Labute approximate surface area is 149 Å². The van der Waals surface area contributed by atoms with Crippen molar-refractivity contribution in [2.45, 2.75) is 6.92 Å². The second-order valence-corrected chi connectivity index (χ2v) is 5.69. The Morgan fingerprint density at radius 3 is 2.56 bits per heavy atom. The third-order valence-electron chi connectivity index (χ3n) is 3.23. The summed E-state index contributed by atoms with van der Waals surface area (Å²) in [7, 11) is 3.01. The zero-order chi connectivity index (χ0) is 18.4. The maximum absolute atomic E-state index is 12.1. The number of aromatic nitrogens is 1. The summed E-state index contributed by atoms with van der Waals surface area (Å²) in [6, 6.07) is 8.83. The third-order valence-corrected chi connectivity index (χ3v) is 4.08. The largest absolute Gasteiger partial charge is 0.497 e. The predicted molar refractivity (Wildman–Crippen MR) is 95.6 cm³/mol. The van der Waals surface area contributed by atoms with Crippen molar-refractivity contribution in [3.63, 3.8) is 0 Å². The van der Waals surface area contributed by atoms with Gasteiger partial charge in [-0.05, 0) is 30.3 Å². The predicted octanol–water partition coefficient (Wildman–Crippen LogP) is 2.49. The Bertz CT molecular complexity index is 850. The number of likely N-dealkylation sites (N-methyl/N-ethyl adjacent to an activating group) is 1. The third kappa shape index (κ3) is 4.22. The van der Waals surface area contributed by atoms with Crippen molar-refractivity contribution in [2.75, 3.05) is 19.1 Å². The summed E-state index contributed by atoms with van der Waals surface area (Å²) in [6.07, 6.45) is 1.38. The van der Waals surface area contributed by atoms with E-state index in [2.05, 4.69) is 10.3 Å². The Balaban J connectivity index is 2.36. The van der Waals surface area contributed by atoms with E-state index >= 15 is 0 Å². The molecule has 0 fully saturated rings. The van der Waals surface area contributed by atoms with E-state index in [0.29, 0.717) is 22.3 Å². The maximum atomic E-state index is 12.1. The summed E-state index contributed by atoms with van der Waals surface area (Å²) in [5, 5.41) is 13.5. The second-order valence-electron chi connectivity index (χ2n) is 4.86. The highest BCUT2D eigenvalue weighted by molar-refractivity contribution is 7.14. The fourth-order valence-corrected chi connectivity index (χ4v) is 2.88. The van der Waals surface area contributed by atoms with Crippen molar-refractivity contribution in [2.24, 2.45) is 0 Å². The molecule has 0 unspecified atom stereocenters. The summed E-state index contributed by atoms with van der Waals surface area (Å²) in [5.74, 6) is -0.0169. The van der Waals surface area contributed by atoms with Gasteiger partial charge in [-0.25, -0.2) is 4.98 Å². The van der Waals surface area contributed by atoms with E-state index in [0.717, 1.165) is 0 Å². The van der Waals surface area contributed by atoms with Crippen LogP contribution in [0.5, 0.6) is 5.75 Å².